The van der Waals surface area contributed by atoms with Gasteiger partial charge in [0.1, 0.15) is 11.5 Å². The largest absolute Gasteiger partial charge is 0.497 e. The summed E-state index contributed by atoms with van der Waals surface area (Å²) in [7, 11) is 3.08. The third kappa shape index (κ3) is 2.91. The summed E-state index contributed by atoms with van der Waals surface area (Å²) >= 11 is 0. The molecule has 2 aromatic rings. The van der Waals surface area contributed by atoms with Crippen molar-refractivity contribution in [1.29, 1.82) is 0 Å². The first-order chi connectivity index (χ1) is 16.0. The van der Waals surface area contributed by atoms with Gasteiger partial charge in [-0.2, -0.15) is 0 Å². The van der Waals surface area contributed by atoms with Gasteiger partial charge in [0.2, 0.25) is 11.8 Å². The van der Waals surface area contributed by atoms with E-state index >= 15 is 0 Å². The Hall–Kier alpha value is -3.61. The summed E-state index contributed by atoms with van der Waals surface area (Å²) in [6.07, 6.45) is 5.46. The zero-order valence-corrected chi connectivity index (χ0v) is 18.4. The Kier molecular flexibility index (Phi) is 4.37. The third-order valence-corrected chi connectivity index (χ3v) is 7.71. The minimum absolute atomic E-state index is 0.104. The van der Waals surface area contributed by atoms with Crippen LogP contribution in [0.2, 0.25) is 0 Å². The fourth-order valence-corrected chi connectivity index (χ4v) is 6.08. The smallest absolute Gasteiger partial charge is 0.255 e. The number of benzene rings is 2. The summed E-state index contributed by atoms with van der Waals surface area (Å²) in [6.45, 7) is 0. The number of imide groups is 1. The van der Waals surface area contributed by atoms with Gasteiger partial charge in [0, 0.05) is 11.6 Å². The highest BCUT2D eigenvalue weighted by molar-refractivity contribution is 6.22. The number of nitrogens with zero attached hydrogens (tertiary/aromatic N) is 1. The quantitative estimate of drug-likeness (QED) is 0.564. The first-order valence-electron chi connectivity index (χ1n) is 11.2. The number of methoxy groups -OCH3 is 2. The highest BCUT2D eigenvalue weighted by Crippen LogP contribution is 2.65. The molecule has 7 rings (SSSR count). The molecule has 1 N–H and O–H groups in total. The second-order valence-electron chi connectivity index (χ2n) is 9.23. The molecule has 7 heteroatoms. The van der Waals surface area contributed by atoms with E-state index in [1.54, 1.807) is 49.6 Å². The number of nitrogens with one attached hydrogen (secondary N) is 1. The molecule has 4 aliphatic carbocycles. The zero-order chi connectivity index (χ0) is 22.9. The van der Waals surface area contributed by atoms with Crippen molar-refractivity contribution in [3.63, 3.8) is 0 Å². The van der Waals surface area contributed by atoms with Crippen LogP contribution in [-0.2, 0) is 9.59 Å². The molecule has 7 nitrogen and oxygen atoms in total. The molecule has 0 unspecified atom stereocenters. The monoisotopic (exact) mass is 444 g/mol. The van der Waals surface area contributed by atoms with Crippen LogP contribution < -0.4 is 19.7 Å². The Balaban J connectivity index is 1.22. The fourth-order valence-electron chi connectivity index (χ4n) is 6.08. The van der Waals surface area contributed by atoms with E-state index < -0.39 is 0 Å². The first-order valence-corrected chi connectivity index (χ1v) is 11.2. The van der Waals surface area contributed by atoms with Crippen LogP contribution in [0.25, 0.3) is 0 Å². The molecule has 0 aromatic heterocycles. The number of carbonyl (C=O) groups is 3. The van der Waals surface area contributed by atoms with Gasteiger partial charge >= 0.3 is 0 Å². The summed E-state index contributed by atoms with van der Waals surface area (Å²) in [5, 5.41) is 2.83. The second-order valence-corrected chi connectivity index (χ2v) is 9.23. The summed E-state index contributed by atoms with van der Waals surface area (Å²) < 4.78 is 10.5. The maximum atomic E-state index is 13.3. The molecule has 168 valence electrons. The summed E-state index contributed by atoms with van der Waals surface area (Å²) in [6, 6.07) is 11.7. The van der Waals surface area contributed by atoms with Crippen LogP contribution in [-0.4, -0.2) is 31.9 Å². The molecule has 1 aliphatic heterocycles. The average molecular weight is 444 g/mol. The number of hydrogen-bond acceptors (Lipinski definition) is 5. The number of anilines is 2. The van der Waals surface area contributed by atoms with E-state index in [0.717, 1.165) is 6.42 Å². The van der Waals surface area contributed by atoms with Gasteiger partial charge in [-0.25, -0.2) is 0 Å². The van der Waals surface area contributed by atoms with Crippen LogP contribution in [0.4, 0.5) is 11.4 Å². The number of allylic oxidation sites excluding steroid dienone is 2. The van der Waals surface area contributed by atoms with Gasteiger partial charge in [0.25, 0.3) is 5.91 Å². The number of ether oxygens (including phenoxy) is 2. The van der Waals surface area contributed by atoms with Gasteiger partial charge in [-0.05, 0) is 66.5 Å². The zero-order valence-electron chi connectivity index (χ0n) is 18.4. The van der Waals surface area contributed by atoms with Crippen molar-refractivity contribution < 1.29 is 23.9 Å². The molecule has 3 amide bonds. The van der Waals surface area contributed by atoms with Crippen molar-refractivity contribution in [1.82, 2.24) is 0 Å². The lowest BCUT2D eigenvalue weighted by atomic mass is 9.63. The normalized spacial score (nSPS) is 30.7. The highest BCUT2D eigenvalue weighted by Gasteiger charge is 2.67. The third-order valence-electron chi connectivity index (χ3n) is 7.71. The van der Waals surface area contributed by atoms with Gasteiger partial charge in [-0.15, -0.1) is 0 Å². The van der Waals surface area contributed by atoms with Crippen molar-refractivity contribution in [2.45, 2.75) is 6.42 Å². The van der Waals surface area contributed by atoms with Crippen molar-refractivity contribution in [3.8, 4) is 11.5 Å². The maximum Gasteiger partial charge on any atom is 0.255 e. The van der Waals surface area contributed by atoms with Gasteiger partial charge in [0.05, 0.1) is 37.4 Å². The fraction of sp³-hybridized carbons (Fsp3) is 0.346. The lowest BCUT2D eigenvalue weighted by Gasteiger charge is -2.37. The lowest BCUT2D eigenvalue weighted by Crippen LogP contribution is -2.40. The van der Waals surface area contributed by atoms with Gasteiger partial charge in [0.15, 0.2) is 0 Å². The van der Waals surface area contributed by atoms with Gasteiger partial charge in [-0.1, -0.05) is 12.2 Å². The van der Waals surface area contributed by atoms with E-state index in [4.69, 9.17) is 9.47 Å². The van der Waals surface area contributed by atoms with Crippen molar-refractivity contribution in [2.24, 2.45) is 35.5 Å². The molecule has 0 radical (unpaired) electrons. The molecule has 3 fully saturated rings. The van der Waals surface area contributed by atoms with E-state index in [-0.39, 0.29) is 41.4 Å². The number of carbonyl (C=O) groups excluding carboxylic acids is 3. The molecule has 33 heavy (non-hydrogen) atoms. The van der Waals surface area contributed by atoms with E-state index in [1.165, 1.54) is 12.0 Å². The summed E-state index contributed by atoms with van der Waals surface area (Å²) in [5.74, 6) is 1.61. The van der Waals surface area contributed by atoms with Crippen LogP contribution >= 0.6 is 0 Å². The van der Waals surface area contributed by atoms with Crippen LogP contribution in [0.5, 0.6) is 11.5 Å². The maximum absolute atomic E-state index is 13.3. The van der Waals surface area contributed by atoms with Crippen LogP contribution in [0.1, 0.15) is 16.8 Å². The predicted molar refractivity (Wildman–Crippen MR) is 121 cm³/mol. The topological polar surface area (TPSA) is 84.9 Å². The number of rotatable bonds is 5. The van der Waals surface area contributed by atoms with Crippen molar-refractivity contribution in [2.75, 3.05) is 24.4 Å². The minimum Gasteiger partial charge on any atom is -0.497 e. The SMILES string of the molecule is COc1ccc(OC)c(NC(=O)c2ccc(N3C(=O)[C@@H]4[C@H]5C=C[C@@H]([C@@H]6C[C@H]56)[C@@H]4C3=O)cc2)c1. The van der Waals surface area contributed by atoms with Crippen LogP contribution in [0.3, 0.4) is 0 Å². The number of hydrogen-bond donors (Lipinski definition) is 1. The Morgan fingerprint density at radius 3 is 2.12 bits per heavy atom. The Labute approximate surface area is 191 Å². The molecule has 2 bridgehead atoms. The van der Waals surface area contributed by atoms with Crippen LogP contribution in [0, 0.1) is 35.5 Å². The lowest BCUT2D eigenvalue weighted by molar-refractivity contribution is -0.124. The summed E-state index contributed by atoms with van der Waals surface area (Å²) in [5.41, 5.74) is 1.41. The molecule has 5 aliphatic rings. The summed E-state index contributed by atoms with van der Waals surface area (Å²) in [4.78, 5) is 40.7. The molecule has 0 spiro atoms. The number of amides is 3. The molecule has 2 saturated carbocycles. The van der Waals surface area contributed by atoms with E-state index in [1.807, 2.05) is 0 Å². The highest BCUT2D eigenvalue weighted by atomic mass is 16.5. The standard InChI is InChI=1S/C26H24N2O5/c1-32-15-7-10-21(33-2)20(11-15)27-24(29)13-3-5-14(6-4-13)28-25(30)22-16-8-9-17(19-12-18(16)19)23(22)26(28)31/h3-11,16-19,22-23H,12H2,1-2H3,(H,27,29)/t16-,17-,18-,19+,22-,23+/m0/s1. The Bertz CT molecular complexity index is 1170. The van der Waals surface area contributed by atoms with Gasteiger partial charge in [-0.3, -0.25) is 19.3 Å². The molecular weight excluding hydrogens is 420 g/mol. The van der Waals surface area contributed by atoms with E-state index in [9.17, 15) is 14.4 Å². The average Bonchev–Trinajstić information content (AvgIpc) is 3.62. The Morgan fingerprint density at radius 1 is 0.909 bits per heavy atom. The second kappa shape index (κ2) is 7.20. The van der Waals surface area contributed by atoms with Gasteiger partial charge < -0.3 is 14.8 Å². The van der Waals surface area contributed by atoms with E-state index in [2.05, 4.69) is 17.5 Å². The predicted octanol–water partition coefficient (Wildman–Crippen LogP) is 3.51. The molecule has 1 saturated heterocycles. The van der Waals surface area contributed by atoms with Crippen molar-refractivity contribution in [3.05, 3.63) is 60.2 Å². The van der Waals surface area contributed by atoms with E-state index in [0.29, 0.717) is 40.3 Å². The molecule has 2 aromatic carbocycles. The minimum atomic E-state index is -0.330. The molecular formula is C26H24N2O5. The van der Waals surface area contributed by atoms with Crippen LogP contribution in [0.15, 0.2) is 54.6 Å². The molecule has 1 heterocycles. The Morgan fingerprint density at radius 2 is 1.55 bits per heavy atom. The molecule has 6 atom stereocenters. The first kappa shape index (κ1) is 20.0. The van der Waals surface area contributed by atoms with Crippen molar-refractivity contribution >= 4 is 29.1 Å².